The lowest BCUT2D eigenvalue weighted by Crippen LogP contribution is -2.26. The van der Waals surface area contributed by atoms with E-state index < -0.39 is 15.9 Å². The number of nitrogens with one attached hydrogen (secondary N) is 2. The molecule has 1 amide bonds. The van der Waals surface area contributed by atoms with Gasteiger partial charge in [-0.3, -0.25) is 19.7 Å². The fourth-order valence-electron chi connectivity index (χ4n) is 5.14. The van der Waals surface area contributed by atoms with Crippen molar-refractivity contribution in [2.24, 2.45) is 10.9 Å². The maximum atomic E-state index is 13.3. The van der Waals surface area contributed by atoms with Gasteiger partial charge in [0, 0.05) is 36.7 Å². The minimum absolute atomic E-state index is 0.148. The molecule has 3 aromatic rings. The SMILES string of the molecule is O=C1Nc2ccc(S(=O)(=O)NCC3CC3)cc2C1C(=Nc1ccc(CN2CCCC2)cc1)c1cccnc1. The molecule has 1 unspecified atom stereocenters. The number of anilines is 1. The lowest BCUT2D eigenvalue weighted by atomic mass is 9.91. The van der Waals surface area contributed by atoms with Gasteiger partial charge in [-0.15, -0.1) is 0 Å². The zero-order chi connectivity index (χ0) is 26.1. The van der Waals surface area contributed by atoms with Crippen LogP contribution in [0.15, 0.2) is 76.9 Å². The van der Waals surface area contributed by atoms with Crippen LogP contribution in [-0.2, 0) is 21.4 Å². The molecule has 2 fully saturated rings. The van der Waals surface area contributed by atoms with Gasteiger partial charge in [0.15, 0.2) is 0 Å². The van der Waals surface area contributed by atoms with E-state index >= 15 is 0 Å². The molecule has 0 bridgehead atoms. The second-order valence-electron chi connectivity index (χ2n) is 10.4. The molecule has 3 aliphatic rings. The standard InChI is InChI=1S/C29H31N5O3S/c35-29-27(25-16-24(11-12-26(25)33-29)38(36,37)31-17-20-5-6-20)28(22-4-3-13-30-18-22)32-23-9-7-21(8-10-23)19-34-14-1-2-15-34/h3-4,7-13,16,18,20,27,31H,1-2,5-6,14-15,17,19H2,(H,33,35). The number of amides is 1. The molecule has 3 heterocycles. The molecule has 1 saturated carbocycles. The normalized spacial score (nSPS) is 19.9. The van der Waals surface area contributed by atoms with E-state index in [1.54, 1.807) is 30.6 Å². The summed E-state index contributed by atoms with van der Waals surface area (Å²) in [6, 6.07) is 16.6. The van der Waals surface area contributed by atoms with Crippen LogP contribution in [0.3, 0.4) is 0 Å². The molecule has 196 valence electrons. The molecule has 1 aliphatic carbocycles. The van der Waals surface area contributed by atoms with E-state index in [0.29, 0.717) is 35.0 Å². The number of pyridine rings is 1. The van der Waals surface area contributed by atoms with Crippen LogP contribution in [0.2, 0.25) is 0 Å². The Hall–Kier alpha value is -3.40. The molecule has 2 aromatic carbocycles. The van der Waals surface area contributed by atoms with Crippen molar-refractivity contribution in [2.75, 3.05) is 25.0 Å². The van der Waals surface area contributed by atoms with Crippen molar-refractivity contribution in [1.82, 2.24) is 14.6 Å². The van der Waals surface area contributed by atoms with Crippen molar-refractivity contribution < 1.29 is 13.2 Å². The highest BCUT2D eigenvalue weighted by Gasteiger charge is 2.37. The van der Waals surface area contributed by atoms with E-state index in [-0.39, 0.29) is 10.8 Å². The summed E-state index contributed by atoms with van der Waals surface area (Å²) in [6.45, 7) is 3.63. The first-order valence-electron chi connectivity index (χ1n) is 13.2. The lowest BCUT2D eigenvalue weighted by Gasteiger charge is -2.16. The molecular formula is C29H31N5O3S. The van der Waals surface area contributed by atoms with Crippen molar-refractivity contribution >= 4 is 33.0 Å². The van der Waals surface area contributed by atoms with E-state index in [2.05, 4.69) is 32.1 Å². The fourth-order valence-corrected chi connectivity index (χ4v) is 6.29. The highest BCUT2D eigenvalue weighted by atomic mass is 32.2. The molecule has 2 N–H and O–H groups in total. The average Bonchev–Trinajstić information content (AvgIpc) is 3.52. The van der Waals surface area contributed by atoms with Gasteiger partial charge in [0.05, 0.1) is 16.3 Å². The van der Waals surface area contributed by atoms with Gasteiger partial charge in [0.25, 0.3) is 0 Å². The summed E-state index contributed by atoms with van der Waals surface area (Å²) < 4.78 is 28.7. The van der Waals surface area contributed by atoms with Crippen LogP contribution in [0, 0.1) is 5.92 Å². The van der Waals surface area contributed by atoms with Gasteiger partial charge in [-0.25, -0.2) is 13.1 Å². The zero-order valence-corrected chi connectivity index (χ0v) is 22.0. The first-order chi connectivity index (χ1) is 18.5. The average molecular weight is 530 g/mol. The molecule has 1 atom stereocenters. The van der Waals surface area contributed by atoms with E-state index in [1.165, 1.54) is 24.5 Å². The van der Waals surface area contributed by atoms with E-state index in [4.69, 9.17) is 4.99 Å². The monoisotopic (exact) mass is 529 g/mol. The third-order valence-electron chi connectivity index (χ3n) is 7.44. The van der Waals surface area contributed by atoms with Crippen LogP contribution in [0.5, 0.6) is 0 Å². The Morgan fingerprint density at radius 1 is 1.08 bits per heavy atom. The van der Waals surface area contributed by atoms with Crippen molar-refractivity contribution in [3.63, 3.8) is 0 Å². The number of rotatable bonds is 9. The quantitative estimate of drug-likeness (QED) is 0.404. The molecule has 0 spiro atoms. The van der Waals surface area contributed by atoms with Gasteiger partial charge >= 0.3 is 0 Å². The molecule has 8 nitrogen and oxygen atoms in total. The summed E-state index contributed by atoms with van der Waals surface area (Å²) in [5.41, 5.74) is 4.39. The van der Waals surface area contributed by atoms with Gasteiger partial charge < -0.3 is 5.32 Å². The van der Waals surface area contributed by atoms with E-state index in [1.807, 2.05) is 18.2 Å². The van der Waals surface area contributed by atoms with E-state index in [0.717, 1.165) is 38.2 Å². The number of carbonyl (C=O) groups is 1. The number of aliphatic imine (C=N–C) groups is 1. The fraction of sp³-hybridized carbons (Fsp3) is 0.345. The summed E-state index contributed by atoms with van der Waals surface area (Å²) in [7, 11) is -3.69. The zero-order valence-electron chi connectivity index (χ0n) is 21.1. The Kier molecular flexibility index (Phi) is 6.82. The smallest absolute Gasteiger partial charge is 0.240 e. The molecule has 1 aromatic heterocycles. The third-order valence-corrected chi connectivity index (χ3v) is 8.87. The van der Waals surface area contributed by atoms with Gasteiger partial charge in [0.1, 0.15) is 5.92 Å². The number of likely N-dealkylation sites (tertiary alicyclic amines) is 1. The Morgan fingerprint density at radius 3 is 2.58 bits per heavy atom. The minimum atomic E-state index is -3.69. The number of fused-ring (bicyclic) bond motifs is 1. The van der Waals surface area contributed by atoms with E-state index in [9.17, 15) is 13.2 Å². The van der Waals surface area contributed by atoms with Crippen LogP contribution < -0.4 is 10.0 Å². The maximum absolute atomic E-state index is 13.3. The van der Waals surface area contributed by atoms with Gasteiger partial charge in [-0.2, -0.15) is 0 Å². The number of benzene rings is 2. The minimum Gasteiger partial charge on any atom is -0.325 e. The molecule has 38 heavy (non-hydrogen) atoms. The van der Waals surface area contributed by atoms with Crippen molar-refractivity contribution in [1.29, 1.82) is 0 Å². The first kappa shape index (κ1) is 24.9. The largest absolute Gasteiger partial charge is 0.325 e. The summed E-state index contributed by atoms with van der Waals surface area (Å²) in [6.07, 6.45) is 7.97. The lowest BCUT2D eigenvalue weighted by molar-refractivity contribution is -0.115. The predicted molar refractivity (Wildman–Crippen MR) is 147 cm³/mol. The number of carbonyl (C=O) groups excluding carboxylic acids is 1. The molecule has 6 rings (SSSR count). The maximum Gasteiger partial charge on any atom is 0.240 e. The Morgan fingerprint density at radius 2 is 1.87 bits per heavy atom. The van der Waals surface area contributed by atoms with Gasteiger partial charge in [-0.05, 0) is 92.2 Å². The number of aromatic nitrogens is 1. The van der Waals surface area contributed by atoms with Crippen molar-refractivity contribution in [2.45, 2.75) is 43.0 Å². The van der Waals surface area contributed by atoms with Crippen LogP contribution in [-0.4, -0.2) is 49.6 Å². The number of nitrogens with zero attached hydrogens (tertiary/aromatic N) is 3. The second-order valence-corrected chi connectivity index (χ2v) is 12.1. The first-order valence-corrected chi connectivity index (χ1v) is 14.7. The summed E-state index contributed by atoms with van der Waals surface area (Å²) in [4.78, 5) is 25.1. The highest BCUT2D eigenvalue weighted by Crippen LogP contribution is 2.38. The third kappa shape index (κ3) is 5.41. The Labute approximate surface area is 223 Å². The van der Waals surface area contributed by atoms with Crippen LogP contribution >= 0.6 is 0 Å². The number of sulfonamides is 1. The van der Waals surface area contributed by atoms with Gasteiger partial charge in [0.2, 0.25) is 15.9 Å². The van der Waals surface area contributed by atoms with Crippen LogP contribution in [0.25, 0.3) is 0 Å². The topological polar surface area (TPSA) is 104 Å². The highest BCUT2D eigenvalue weighted by molar-refractivity contribution is 7.89. The summed E-state index contributed by atoms with van der Waals surface area (Å²) in [5, 5.41) is 2.91. The van der Waals surface area contributed by atoms with Crippen molar-refractivity contribution in [3.8, 4) is 0 Å². The summed E-state index contributed by atoms with van der Waals surface area (Å²) in [5.74, 6) is -0.591. The second kappa shape index (κ2) is 10.4. The Bertz CT molecular complexity index is 1460. The van der Waals surface area contributed by atoms with Gasteiger partial charge in [-0.1, -0.05) is 18.2 Å². The summed E-state index contributed by atoms with van der Waals surface area (Å²) >= 11 is 0. The molecular weight excluding hydrogens is 498 g/mol. The molecule has 1 saturated heterocycles. The van der Waals surface area contributed by atoms with Crippen molar-refractivity contribution in [3.05, 3.63) is 83.7 Å². The van der Waals surface area contributed by atoms with Crippen LogP contribution in [0.4, 0.5) is 11.4 Å². The number of hydrogen-bond donors (Lipinski definition) is 2. The molecule has 2 aliphatic heterocycles. The Balaban J connectivity index is 1.34. The molecule has 0 radical (unpaired) electrons. The molecule has 9 heteroatoms. The van der Waals surface area contributed by atoms with Crippen LogP contribution in [0.1, 0.15) is 48.3 Å². The predicted octanol–water partition coefficient (Wildman–Crippen LogP) is 4.22. The number of hydrogen-bond acceptors (Lipinski definition) is 6.